The summed E-state index contributed by atoms with van der Waals surface area (Å²) in [5.74, 6) is -1.11. The highest BCUT2D eigenvalue weighted by Crippen LogP contribution is 1.97. The SMILES string of the molecule is O=C(O)CCCS(=O)(=O)NCCCCn1ccnc1. The van der Waals surface area contributed by atoms with Crippen molar-refractivity contribution in [1.29, 1.82) is 0 Å². The molecule has 1 aromatic heterocycles. The van der Waals surface area contributed by atoms with Crippen LogP contribution in [0.5, 0.6) is 0 Å². The molecule has 0 aliphatic carbocycles. The fourth-order valence-corrected chi connectivity index (χ4v) is 2.68. The van der Waals surface area contributed by atoms with Crippen molar-refractivity contribution in [3.8, 4) is 0 Å². The lowest BCUT2D eigenvalue weighted by molar-refractivity contribution is -0.137. The van der Waals surface area contributed by atoms with Gasteiger partial charge < -0.3 is 9.67 Å². The predicted octanol–water partition coefficient (Wildman–Crippen LogP) is 0.448. The molecular weight excluding hydrogens is 270 g/mol. The van der Waals surface area contributed by atoms with E-state index in [1.165, 1.54) is 0 Å². The van der Waals surface area contributed by atoms with E-state index in [0.29, 0.717) is 6.54 Å². The normalized spacial score (nSPS) is 11.6. The summed E-state index contributed by atoms with van der Waals surface area (Å²) >= 11 is 0. The molecule has 0 saturated heterocycles. The van der Waals surface area contributed by atoms with Crippen LogP contribution in [-0.4, -0.2) is 41.3 Å². The van der Waals surface area contributed by atoms with Gasteiger partial charge in [-0.15, -0.1) is 0 Å². The first-order valence-corrected chi connectivity index (χ1v) is 7.80. The lowest BCUT2D eigenvalue weighted by Crippen LogP contribution is -2.27. The van der Waals surface area contributed by atoms with E-state index in [4.69, 9.17) is 5.11 Å². The smallest absolute Gasteiger partial charge is 0.303 e. The second-order valence-corrected chi connectivity index (χ2v) is 6.14. The van der Waals surface area contributed by atoms with Crippen molar-refractivity contribution in [1.82, 2.24) is 14.3 Å². The highest BCUT2D eigenvalue weighted by Gasteiger charge is 2.10. The molecule has 1 aromatic rings. The first kappa shape index (κ1) is 15.6. The molecule has 1 rings (SSSR count). The van der Waals surface area contributed by atoms with E-state index in [9.17, 15) is 13.2 Å². The molecule has 0 saturated carbocycles. The van der Waals surface area contributed by atoms with Gasteiger partial charge in [0.05, 0.1) is 12.1 Å². The fourth-order valence-electron chi connectivity index (χ4n) is 1.55. The van der Waals surface area contributed by atoms with Crippen LogP contribution in [0, 0.1) is 0 Å². The molecule has 0 amide bonds. The van der Waals surface area contributed by atoms with Gasteiger partial charge >= 0.3 is 5.97 Å². The van der Waals surface area contributed by atoms with Gasteiger partial charge in [-0.05, 0) is 19.3 Å². The average molecular weight is 289 g/mol. The summed E-state index contributed by atoms with van der Waals surface area (Å²) in [4.78, 5) is 14.2. The minimum atomic E-state index is -3.34. The lowest BCUT2D eigenvalue weighted by atomic mass is 10.3. The maximum atomic E-state index is 11.5. The van der Waals surface area contributed by atoms with Gasteiger partial charge in [0.1, 0.15) is 0 Å². The molecule has 0 aliphatic rings. The van der Waals surface area contributed by atoms with Crippen LogP contribution in [0.4, 0.5) is 0 Å². The Labute approximate surface area is 112 Å². The van der Waals surface area contributed by atoms with Crippen LogP contribution in [-0.2, 0) is 21.4 Å². The van der Waals surface area contributed by atoms with Crippen molar-refractivity contribution in [3.05, 3.63) is 18.7 Å². The number of unbranched alkanes of at least 4 members (excludes halogenated alkanes) is 1. The van der Waals surface area contributed by atoms with E-state index in [-0.39, 0.29) is 18.6 Å². The summed E-state index contributed by atoms with van der Waals surface area (Å²) in [5, 5.41) is 8.42. The van der Waals surface area contributed by atoms with Crippen LogP contribution in [0.25, 0.3) is 0 Å². The van der Waals surface area contributed by atoms with Crippen LogP contribution >= 0.6 is 0 Å². The minimum Gasteiger partial charge on any atom is -0.481 e. The summed E-state index contributed by atoms with van der Waals surface area (Å²) in [6, 6.07) is 0. The quantitative estimate of drug-likeness (QED) is 0.609. The molecule has 8 heteroatoms. The van der Waals surface area contributed by atoms with Gasteiger partial charge in [0.25, 0.3) is 0 Å². The molecule has 1 heterocycles. The number of hydrogen-bond donors (Lipinski definition) is 2. The van der Waals surface area contributed by atoms with Crippen molar-refractivity contribution in [2.24, 2.45) is 0 Å². The van der Waals surface area contributed by atoms with Crippen molar-refractivity contribution < 1.29 is 18.3 Å². The average Bonchev–Trinajstić information content (AvgIpc) is 2.80. The molecule has 0 bridgehead atoms. The van der Waals surface area contributed by atoms with Crippen LogP contribution in [0.1, 0.15) is 25.7 Å². The van der Waals surface area contributed by atoms with Gasteiger partial charge in [-0.25, -0.2) is 18.1 Å². The van der Waals surface area contributed by atoms with Crippen molar-refractivity contribution in [3.63, 3.8) is 0 Å². The van der Waals surface area contributed by atoms with E-state index in [2.05, 4.69) is 9.71 Å². The van der Waals surface area contributed by atoms with Crippen LogP contribution in [0.2, 0.25) is 0 Å². The number of aliphatic carboxylic acids is 1. The third-order valence-electron chi connectivity index (χ3n) is 2.53. The van der Waals surface area contributed by atoms with Crippen LogP contribution in [0.3, 0.4) is 0 Å². The third kappa shape index (κ3) is 7.58. The monoisotopic (exact) mass is 289 g/mol. The van der Waals surface area contributed by atoms with Gasteiger partial charge in [-0.3, -0.25) is 4.79 Å². The fraction of sp³-hybridized carbons (Fsp3) is 0.636. The maximum absolute atomic E-state index is 11.5. The Bertz CT molecular complexity index is 470. The zero-order chi connectivity index (χ0) is 14.1. The Morgan fingerprint density at radius 1 is 1.32 bits per heavy atom. The molecule has 0 unspecified atom stereocenters. The van der Waals surface area contributed by atoms with E-state index in [0.717, 1.165) is 19.4 Å². The number of carbonyl (C=O) groups is 1. The first-order valence-electron chi connectivity index (χ1n) is 6.14. The highest BCUT2D eigenvalue weighted by atomic mass is 32.2. The number of nitrogens with zero attached hydrogens (tertiary/aromatic N) is 2. The van der Waals surface area contributed by atoms with Crippen LogP contribution in [0.15, 0.2) is 18.7 Å². The maximum Gasteiger partial charge on any atom is 0.303 e. The van der Waals surface area contributed by atoms with Gasteiger partial charge in [-0.1, -0.05) is 0 Å². The van der Waals surface area contributed by atoms with Gasteiger partial charge in [0.15, 0.2) is 0 Å². The standard InChI is InChI=1S/C11H19N3O4S/c15-11(16)4-3-9-19(17,18)13-5-1-2-7-14-8-6-12-10-14/h6,8,10,13H,1-5,7,9H2,(H,15,16). The summed E-state index contributed by atoms with van der Waals surface area (Å²) < 4.78 is 27.4. The highest BCUT2D eigenvalue weighted by molar-refractivity contribution is 7.89. The Morgan fingerprint density at radius 3 is 2.74 bits per heavy atom. The first-order chi connectivity index (χ1) is 8.99. The van der Waals surface area contributed by atoms with Crippen LogP contribution < -0.4 is 4.72 Å². The van der Waals surface area contributed by atoms with E-state index in [1.807, 2.05) is 10.8 Å². The van der Waals surface area contributed by atoms with E-state index < -0.39 is 16.0 Å². The molecule has 19 heavy (non-hydrogen) atoms. The van der Waals surface area contributed by atoms with Crippen molar-refractivity contribution in [2.45, 2.75) is 32.2 Å². The summed E-state index contributed by atoms with van der Waals surface area (Å²) in [7, 11) is -3.34. The van der Waals surface area contributed by atoms with Gasteiger partial charge in [-0.2, -0.15) is 0 Å². The zero-order valence-electron chi connectivity index (χ0n) is 10.7. The molecule has 0 atom stereocenters. The number of carboxylic acid groups (broad SMARTS) is 1. The summed E-state index contributed by atoms with van der Waals surface area (Å²) in [6.45, 7) is 1.19. The van der Waals surface area contributed by atoms with Crippen molar-refractivity contribution >= 4 is 16.0 Å². The third-order valence-corrected chi connectivity index (χ3v) is 4.00. The second kappa shape index (κ2) is 7.90. The number of carboxylic acids is 1. The second-order valence-electron chi connectivity index (χ2n) is 4.22. The molecule has 0 fully saturated rings. The largest absolute Gasteiger partial charge is 0.481 e. The summed E-state index contributed by atoms with van der Waals surface area (Å²) in [5.41, 5.74) is 0. The number of aryl methyl sites for hydroxylation is 1. The van der Waals surface area contributed by atoms with Crippen molar-refractivity contribution in [2.75, 3.05) is 12.3 Å². The predicted molar refractivity (Wildman–Crippen MR) is 70.1 cm³/mol. The Hall–Kier alpha value is -1.41. The number of hydrogen-bond acceptors (Lipinski definition) is 4. The Balaban J connectivity index is 2.08. The zero-order valence-corrected chi connectivity index (χ0v) is 11.5. The minimum absolute atomic E-state index is 0.123. The van der Waals surface area contributed by atoms with E-state index in [1.54, 1.807) is 12.5 Å². The number of rotatable bonds is 10. The molecule has 108 valence electrons. The summed E-state index contributed by atoms with van der Waals surface area (Å²) in [6.07, 6.45) is 6.88. The van der Waals surface area contributed by atoms with Gasteiger partial charge in [0, 0.05) is 31.9 Å². The number of sulfonamides is 1. The number of imidazole rings is 1. The Kier molecular flexibility index (Phi) is 6.51. The Morgan fingerprint density at radius 2 is 2.11 bits per heavy atom. The number of nitrogens with one attached hydrogen (secondary N) is 1. The topological polar surface area (TPSA) is 101 Å². The number of aromatic nitrogens is 2. The van der Waals surface area contributed by atoms with Gasteiger partial charge in [0.2, 0.25) is 10.0 Å². The lowest BCUT2D eigenvalue weighted by Gasteiger charge is -2.06. The molecule has 0 aliphatic heterocycles. The molecular formula is C11H19N3O4S. The molecule has 0 radical (unpaired) electrons. The molecule has 2 N–H and O–H groups in total. The molecule has 7 nitrogen and oxygen atoms in total. The molecule has 0 aromatic carbocycles. The van der Waals surface area contributed by atoms with E-state index >= 15 is 0 Å². The molecule has 0 spiro atoms.